The van der Waals surface area contributed by atoms with Gasteiger partial charge in [0, 0.05) is 25.7 Å². The van der Waals surface area contributed by atoms with Gasteiger partial charge in [-0.2, -0.15) is 0 Å². The average Bonchev–Trinajstić information content (AvgIpc) is 2.58. The number of rotatable bonds is 2. The van der Waals surface area contributed by atoms with Gasteiger partial charge in [-0.1, -0.05) is 25.4 Å². The van der Waals surface area contributed by atoms with Crippen molar-refractivity contribution < 1.29 is 4.79 Å². The van der Waals surface area contributed by atoms with E-state index in [1.54, 1.807) is 19.2 Å². The Morgan fingerprint density at radius 3 is 2.80 bits per heavy atom. The van der Waals surface area contributed by atoms with Crippen LogP contribution in [0.2, 0.25) is 5.15 Å². The van der Waals surface area contributed by atoms with Gasteiger partial charge in [-0.15, -0.1) is 0 Å². The van der Waals surface area contributed by atoms with E-state index >= 15 is 0 Å². The van der Waals surface area contributed by atoms with Crippen molar-refractivity contribution in [3.05, 3.63) is 22.8 Å². The summed E-state index contributed by atoms with van der Waals surface area (Å²) < 4.78 is 0. The van der Waals surface area contributed by atoms with Crippen molar-refractivity contribution in [1.82, 2.24) is 9.88 Å². The summed E-state index contributed by atoms with van der Waals surface area (Å²) in [5.74, 6) is 0.666. The van der Waals surface area contributed by atoms with Crippen LogP contribution in [0.25, 0.3) is 0 Å². The van der Waals surface area contributed by atoms with E-state index in [9.17, 15) is 4.79 Å². The van der Waals surface area contributed by atoms with E-state index in [1.165, 1.54) is 0 Å². The summed E-state index contributed by atoms with van der Waals surface area (Å²) in [6.07, 6.45) is 3.25. The number of hydrogen-bond donors (Lipinski definition) is 1. The van der Waals surface area contributed by atoms with Crippen LogP contribution in [0.5, 0.6) is 0 Å². The fourth-order valence-corrected chi connectivity index (χ4v) is 2.77. The number of hydrogen-bond acceptors (Lipinski definition) is 3. The summed E-state index contributed by atoms with van der Waals surface area (Å²) in [6, 6.07) is 3.39. The van der Waals surface area contributed by atoms with Crippen molar-refractivity contribution >= 4 is 23.3 Å². The maximum absolute atomic E-state index is 12.6. The molecule has 1 amide bonds. The molecule has 0 spiro atoms. The number of aromatic nitrogens is 1. The Labute approximate surface area is 125 Å². The van der Waals surface area contributed by atoms with Gasteiger partial charge in [0.15, 0.2) is 0 Å². The summed E-state index contributed by atoms with van der Waals surface area (Å²) >= 11 is 5.97. The summed E-state index contributed by atoms with van der Waals surface area (Å²) in [4.78, 5) is 18.6. The average molecular weight is 296 g/mol. The minimum Gasteiger partial charge on any atom is -0.373 e. The second-order valence-electron chi connectivity index (χ2n) is 6.12. The number of halogens is 1. The molecule has 0 unspecified atom stereocenters. The van der Waals surface area contributed by atoms with Crippen molar-refractivity contribution in [3.63, 3.8) is 0 Å². The largest absolute Gasteiger partial charge is 0.373 e. The number of anilines is 1. The number of nitrogens with one attached hydrogen (secondary N) is 1. The quantitative estimate of drug-likeness (QED) is 0.850. The third kappa shape index (κ3) is 3.63. The molecule has 0 aromatic carbocycles. The van der Waals surface area contributed by atoms with Crippen LogP contribution in [0.3, 0.4) is 0 Å². The Morgan fingerprint density at radius 2 is 2.10 bits per heavy atom. The summed E-state index contributed by atoms with van der Waals surface area (Å²) in [5.41, 5.74) is 0.926. The lowest BCUT2D eigenvalue weighted by Gasteiger charge is -2.23. The van der Waals surface area contributed by atoms with E-state index in [0.29, 0.717) is 21.9 Å². The molecule has 0 bridgehead atoms. The molecule has 1 aliphatic rings. The van der Waals surface area contributed by atoms with Crippen molar-refractivity contribution in [1.29, 1.82) is 0 Å². The van der Waals surface area contributed by atoms with Gasteiger partial charge < -0.3 is 10.2 Å². The van der Waals surface area contributed by atoms with Gasteiger partial charge in [0.05, 0.1) is 0 Å². The highest BCUT2D eigenvalue weighted by Crippen LogP contribution is 2.30. The molecule has 2 heterocycles. The van der Waals surface area contributed by atoms with E-state index in [2.05, 4.69) is 24.1 Å². The van der Waals surface area contributed by atoms with Crippen LogP contribution in [0.1, 0.15) is 43.5 Å². The minimum atomic E-state index is 0.0449. The smallest absolute Gasteiger partial charge is 0.254 e. The standard InChI is InChI=1S/C15H22ClN3O/c1-15(2)5-4-7-19(8-6-15)14(20)11-9-12(16)18-13(10-11)17-3/h9-10H,4-8H2,1-3H3,(H,17,18). The zero-order valence-corrected chi connectivity index (χ0v) is 13.1. The molecule has 0 aliphatic carbocycles. The molecule has 0 radical (unpaired) electrons. The molecule has 1 aromatic rings. The maximum Gasteiger partial charge on any atom is 0.254 e. The van der Waals surface area contributed by atoms with Crippen LogP contribution >= 0.6 is 11.6 Å². The minimum absolute atomic E-state index is 0.0449. The van der Waals surface area contributed by atoms with Crippen molar-refractivity contribution in [2.45, 2.75) is 33.1 Å². The van der Waals surface area contributed by atoms with Gasteiger partial charge in [-0.05, 0) is 36.8 Å². The zero-order valence-electron chi connectivity index (χ0n) is 12.4. The van der Waals surface area contributed by atoms with Gasteiger partial charge in [0.25, 0.3) is 5.91 Å². The topological polar surface area (TPSA) is 45.2 Å². The first kappa shape index (κ1) is 15.1. The molecule has 1 fully saturated rings. The maximum atomic E-state index is 12.6. The fourth-order valence-electron chi connectivity index (χ4n) is 2.56. The van der Waals surface area contributed by atoms with Crippen LogP contribution in [0.4, 0.5) is 5.82 Å². The molecule has 1 aromatic heterocycles. The summed E-state index contributed by atoms with van der Waals surface area (Å²) in [7, 11) is 1.77. The van der Waals surface area contributed by atoms with Crippen LogP contribution in [0.15, 0.2) is 12.1 Å². The molecule has 0 saturated carbocycles. The van der Waals surface area contributed by atoms with E-state index in [0.717, 1.165) is 32.4 Å². The molecular weight excluding hydrogens is 274 g/mol. The number of pyridine rings is 1. The van der Waals surface area contributed by atoms with Crippen LogP contribution in [0, 0.1) is 5.41 Å². The first-order chi connectivity index (χ1) is 9.41. The zero-order chi connectivity index (χ0) is 14.8. The van der Waals surface area contributed by atoms with E-state index in [4.69, 9.17) is 11.6 Å². The molecule has 2 rings (SSSR count). The Kier molecular flexibility index (Phi) is 4.53. The molecule has 1 N–H and O–H groups in total. The van der Waals surface area contributed by atoms with Gasteiger partial charge in [-0.3, -0.25) is 4.79 Å². The lowest BCUT2D eigenvalue weighted by molar-refractivity contribution is 0.0757. The monoisotopic (exact) mass is 295 g/mol. The highest BCUT2D eigenvalue weighted by Gasteiger charge is 2.26. The molecule has 20 heavy (non-hydrogen) atoms. The fraction of sp³-hybridized carbons (Fsp3) is 0.600. The SMILES string of the molecule is CNc1cc(C(=O)N2CCCC(C)(C)CC2)cc(Cl)n1. The number of carbonyl (C=O) groups is 1. The number of nitrogens with zero attached hydrogens (tertiary/aromatic N) is 2. The highest BCUT2D eigenvalue weighted by atomic mass is 35.5. The van der Waals surface area contributed by atoms with Gasteiger partial charge in [-0.25, -0.2) is 4.98 Å². The van der Waals surface area contributed by atoms with Crippen LogP contribution < -0.4 is 5.32 Å². The third-order valence-corrected chi connectivity index (χ3v) is 4.12. The highest BCUT2D eigenvalue weighted by molar-refractivity contribution is 6.29. The molecule has 110 valence electrons. The van der Waals surface area contributed by atoms with Crippen molar-refractivity contribution in [2.75, 3.05) is 25.5 Å². The Hall–Kier alpha value is -1.29. The van der Waals surface area contributed by atoms with E-state index < -0.39 is 0 Å². The first-order valence-corrected chi connectivity index (χ1v) is 7.44. The first-order valence-electron chi connectivity index (χ1n) is 7.06. The molecular formula is C15H22ClN3O. The van der Waals surface area contributed by atoms with Crippen LogP contribution in [-0.2, 0) is 0 Å². The molecule has 1 aliphatic heterocycles. The van der Waals surface area contributed by atoms with Crippen LogP contribution in [-0.4, -0.2) is 35.9 Å². The van der Waals surface area contributed by atoms with Crippen molar-refractivity contribution in [2.24, 2.45) is 5.41 Å². The number of carbonyl (C=O) groups excluding carboxylic acids is 1. The third-order valence-electron chi connectivity index (χ3n) is 3.92. The number of amides is 1. The predicted octanol–water partition coefficient (Wildman–Crippen LogP) is 3.43. The van der Waals surface area contributed by atoms with Gasteiger partial charge >= 0.3 is 0 Å². The van der Waals surface area contributed by atoms with Gasteiger partial charge in [0.1, 0.15) is 11.0 Å². The number of likely N-dealkylation sites (tertiary alicyclic amines) is 1. The Bertz CT molecular complexity index is 502. The lowest BCUT2D eigenvalue weighted by atomic mass is 9.85. The predicted molar refractivity (Wildman–Crippen MR) is 82.3 cm³/mol. The van der Waals surface area contributed by atoms with Gasteiger partial charge in [0.2, 0.25) is 0 Å². The van der Waals surface area contributed by atoms with E-state index in [1.807, 2.05) is 4.90 Å². The Balaban J connectivity index is 2.16. The normalized spacial score (nSPS) is 18.5. The van der Waals surface area contributed by atoms with E-state index in [-0.39, 0.29) is 5.91 Å². The summed E-state index contributed by atoms with van der Waals surface area (Å²) in [5, 5.41) is 3.27. The second kappa shape index (κ2) is 6.00. The lowest BCUT2D eigenvalue weighted by Crippen LogP contribution is -2.32. The van der Waals surface area contributed by atoms with Crippen molar-refractivity contribution in [3.8, 4) is 0 Å². The summed E-state index contributed by atoms with van der Waals surface area (Å²) in [6.45, 7) is 6.16. The second-order valence-corrected chi connectivity index (χ2v) is 6.51. The molecule has 5 heteroatoms. The molecule has 1 saturated heterocycles. The molecule has 4 nitrogen and oxygen atoms in total. The Morgan fingerprint density at radius 1 is 1.35 bits per heavy atom. The molecule has 0 atom stereocenters.